The number of hydrogen-bond acceptors (Lipinski definition) is 3. The Balaban J connectivity index is 2.63. The van der Waals surface area contributed by atoms with Gasteiger partial charge in [0.15, 0.2) is 0 Å². The molecule has 0 aromatic heterocycles. The third kappa shape index (κ3) is 5.35. The minimum Gasteiger partial charge on any atom is -0.396 e. The van der Waals surface area contributed by atoms with Crippen molar-refractivity contribution in [3.63, 3.8) is 0 Å². The quantitative estimate of drug-likeness (QED) is 0.607. The van der Waals surface area contributed by atoms with Crippen molar-refractivity contribution in [1.29, 1.82) is 0 Å². The molecule has 7 heteroatoms. The lowest BCUT2D eigenvalue weighted by atomic mass is 10.2. The van der Waals surface area contributed by atoms with E-state index < -0.39 is 17.8 Å². The van der Waals surface area contributed by atoms with Gasteiger partial charge in [0.2, 0.25) is 5.91 Å². The van der Waals surface area contributed by atoms with Gasteiger partial charge < -0.3 is 21.1 Å². The van der Waals surface area contributed by atoms with Crippen molar-refractivity contribution >= 4 is 23.3 Å². The number of carbonyl (C=O) groups is 2. The largest absolute Gasteiger partial charge is 0.396 e. The third-order valence-electron chi connectivity index (χ3n) is 2.16. The molecule has 0 heterocycles. The molecule has 0 radical (unpaired) electrons. The van der Waals surface area contributed by atoms with Gasteiger partial charge >= 0.3 is 6.03 Å². The van der Waals surface area contributed by atoms with Crippen molar-refractivity contribution < 1.29 is 19.1 Å². The average Bonchev–Trinajstić information content (AvgIpc) is 2.33. The number of hydrogen-bond donors (Lipinski definition) is 4. The number of benzene rings is 1. The maximum Gasteiger partial charge on any atom is 0.319 e. The highest BCUT2D eigenvalue weighted by Crippen LogP contribution is 2.19. The zero-order chi connectivity index (χ0) is 14.3. The number of aliphatic hydroxyl groups is 1. The fourth-order valence-electron chi connectivity index (χ4n) is 1.34. The van der Waals surface area contributed by atoms with E-state index in [1.54, 1.807) is 0 Å². The Morgan fingerprint density at radius 3 is 2.68 bits per heavy atom. The Bertz CT molecular complexity index is 466. The van der Waals surface area contributed by atoms with Gasteiger partial charge in [0.1, 0.15) is 5.82 Å². The fraction of sp³-hybridized carbons (Fsp3) is 0.333. The van der Waals surface area contributed by atoms with E-state index in [2.05, 4.69) is 16.0 Å². The lowest BCUT2D eigenvalue weighted by Gasteiger charge is -2.09. The lowest BCUT2D eigenvalue weighted by molar-refractivity contribution is -0.114. The van der Waals surface area contributed by atoms with Gasteiger partial charge in [-0.15, -0.1) is 0 Å². The summed E-state index contributed by atoms with van der Waals surface area (Å²) in [6, 6.07) is 3.39. The molecule has 0 bridgehead atoms. The first-order valence-corrected chi connectivity index (χ1v) is 5.76. The van der Waals surface area contributed by atoms with Gasteiger partial charge in [-0.05, 0) is 24.6 Å². The summed E-state index contributed by atoms with van der Waals surface area (Å²) in [7, 11) is 0. The van der Waals surface area contributed by atoms with E-state index in [1.807, 2.05) is 0 Å². The Kier molecular flexibility index (Phi) is 5.74. The number of amides is 3. The van der Waals surface area contributed by atoms with Gasteiger partial charge in [0, 0.05) is 25.8 Å². The molecule has 0 aliphatic rings. The molecule has 19 heavy (non-hydrogen) atoms. The number of rotatable bonds is 5. The molecule has 0 saturated carbocycles. The monoisotopic (exact) mass is 269 g/mol. The second-order valence-electron chi connectivity index (χ2n) is 3.83. The first kappa shape index (κ1) is 14.9. The summed E-state index contributed by atoms with van der Waals surface area (Å²) in [5.74, 6) is -0.982. The number of urea groups is 1. The van der Waals surface area contributed by atoms with Gasteiger partial charge in [0.05, 0.1) is 5.69 Å². The molecule has 4 N–H and O–H groups in total. The van der Waals surface area contributed by atoms with Crippen LogP contribution in [0, 0.1) is 5.82 Å². The third-order valence-corrected chi connectivity index (χ3v) is 2.16. The minimum absolute atomic E-state index is 0.000609. The number of anilines is 2. The summed E-state index contributed by atoms with van der Waals surface area (Å²) in [5, 5.41) is 15.9. The maximum absolute atomic E-state index is 13.3. The van der Waals surface area contributed by atoms with Crippen molar-refractivity contribution in [2.75, 3.05) is 23.8 Å². The molecule has 1 rings (SSSR count). The van der Waals surface area contributed by atoms with Crippen LogP contribution in [0.5, 0.6) is 0 Å². The second kappa shape index (κ2) is 7.32. The normalized spacial score (nSPS) is 9.84. The predicted molar refractivity (Wildman–Crippen MR) is 69.4 cm³/mol. The van der Waals surface area contributed by atoms with Crippen molar-refractivity contribution in [1.82, 2.24) is 5.32 Å². The van der Waals surface area contributed by atoms with Crippen molar-refractivity contribution in [2.45, 2.75) is 13.3 Å². The van der Waals surface area contributed by atoms with Crippen LogP contribution in [0.3, 0.4) is 0 Å². The molecule has 3 amide bonds. The SMILES string of the molecule is CC(=O)Nc1cc(NC(=O)NCCCO)ccc1F. The van der Waals surface area contributed by atoms with Crippen molar-refractivity contribution in [2.24, 2.45) is 0 Å². The molecule has 1 aromatic carbocycles. The topological polar surface area (TPSA) is 90.5 Å². The number of aliphatic hydroxyl groups excluding tert-OH is 1. The van der Waals surface area contributed by atoms with Crippen LogP contribution in [-0.4, -0.2) is 30.2 Å². The Labute approximate surface area is 110 Å². The van der Waals surface area contributed by atoms with Gasteiger partial charge in [-0.2, -0.15) is 0 Å². The molecule has 1 aromatic rings. The fourth-order valence-corrected chi connectivity index (χ4v) is 1.34. The summed E-state index contributed by atoms with van der Waals surface area (Å²) in [5.41, 5.74) is 0.354. The molecular formula is C12H16FN3O3. The molecule has 0 atom stereocenters. The second-order valence-corrected chi connectivity index (χ2v) is 3.83. The van der Waals surface area contributed by atoms with Crippen LogP contribution < -0.4 is 16.0 Å². The highest BCUT2D eigenvalue weighted by molar-refractivity contribution is 5.92. The zero-order valence-electron chi connectivity index (χ0n) is 10.5. The van der Waals surface area contributed by atoms with E-state index in [1.165, 1.54) is 19.1 Å². The first-order valence-electron chi connectivity index (χ1n) is 5.76. The van der Waals surface area contributed by atoms with Crippen molar-refractivity contribution in [3.05, 3.63) is 24.0 Å². The number of nitrogens with one attached hydrogen (secondary N) is 3. The van der Waals surface area contributed by atoms with Crippen LogP contribution >= 0.6 is 0 Å². The van der Waals surface area contributed by atoms with Crippen LogP contribution in [-0.2, 0) is 4.79 Å². The molecule has 0 aliphatic heterocycles. The van der Waals surface area contributed by atoms with Crippen LogP contribution in [0.1, 0.15) is 13.3 Å². The molecule has 0 spiro atoms. The van der Waals surface area contributed by atoms with E-state index >= 15 is 0 Å². The lowest BCUT2D eigenvalue weighted by Crippen LogP contribution is -2.29. The zero-order valence-corrected chi connectivity index (χ0v) is 10.5. The number of halogens is 1. The number of carbonyl (C=O) groups excluding carboxylic acids is 2. The minimum atomic E-state index is -0.582. The summed E-state index contributed by atoms with van der Waals surface area (Å²) >= 11 is 0. The van der Waals surface area contributed by atoms with E-state index in [0.29, 0.717) is 18.7 Å². The van der Waals surface area contributed by atoms with E-state index in [9.17, 15) is 14.0 Å². The summed E-state index contributed by atoms with van der Waals surface area (Å²) in [6.45, 7) is 1.59. The predicted octanol–water partition coefficient (Wildman–Crippen LogP) is 1.29. The first-order chi connectivity index (χ1) is 9.02. The molecule has 0 saturated heterocycles. The summed E-state index contributed by atoms with van der Waals surface area (Å²) < 4.78 is 13.3. The van der Waals surface area contributed by atoms with Crippen LogP contribution in [0.2, 0.25) is 0 Å². The smallest absolute Gasteiger partial charge is 0.319 e. The van der Waals surface area contributed by atoms with Crippen LogP contribution in [0.4, 0.5) is 20.6 Å². The van der Waals surface area contributed by atoms with E-state index in [-0.39, 0.29) is 12.3 Å². The molecule has 0 fully saturated rings. The van der Waals surface area contributed by atoms with E-state index in [4.69, 9.17) is 5.11 Å². The van der Waals surface area contributed by atoms with Crippen molar-refractivity contribution in [3.8, 4) is 0 Å². The average molecular weight is 269 g/mol. The molecule has 6 nitrogen and oxygen atoms in total. The Morgan fingerprint density at radius 2 is 2.05 bits per heavy atom. The van der Waals surface area contributed by atoms with Gasteiger partial charge in [0.25, 0.3) is 0 Å². The maximum atomic E-state index is 13.3. The Morgan fingerprint density at radius 1 is 1.32 bits per heavy atom. The van der Waals surface area contributed by atoms with Gasteiger partial charge in [-0.1, -0.05) is 0 Å². The highest BCUT2D eigenvalue weighted by atomic mass is 19.1. The Hall–Kier alpha value is -2.15. The molecule has 104 valence electrons. The van der Waals surface area contributed by atoms with Crippen LogP contribution in [0.25, 0.3) is 0 Å². The molecular weight excluding hydrogens is 253 g/mol. The highest BCUT2D eigenvalue weighted by Gasteiger charge is 2.07. The van der Waals surface area contributed by atoms with E-state index in [0.717, 1.165) is 6.07 Å². The summed E-state index contributed by atoms with van der Waals surface area (Å²) in [6.07, 6.45) is 0.452. The summed E-state index contributed by atoms with van der Waals surface area (Å²) in [4.78, 5) is 22.3. The van der Waals surface area contributed by atoms with Gasteiger partial charge in [-0.25, -0.2) is 9.18 Å². The van der Waals surface area contributed by atoms with Gasteiger partial charge in [-0.3, -0.25) is 4.79 Å². The molecule has 0 unspecified atom stereocenters. The molecule has 0 aliphatic carbocycles. The standard InChI is InChI=1S/C12H16FN3O3/c1-8(18)15-11-7-9(3-4-10(11)13)16-12(19)14-5-2-6-17/h3-4,7,17H,2,5-6H2,1H3,(H,15,18)(H2,14,16,19). The van der Waals surface area contributed by atoms with Crippen LogP contribution in [0.15, 0.2) is 18.2 Å².